The molecule has 0 aromatic rings. The molecule has 1 aliphatic rings. The van der Waals surface area contributed by atoms with Crippen LogP contribution in [-0.4, -0.2) is 35.9 Å². The van der Waals surface area contributed by atoms with Crippen LogP contribution in [0.2, 0.25) is 0 Å². The van der Waals surface area contributed by atoms with Gasteiger partial charge in [-0.2, -0.15) is 0 Å². The quantitative estimate of drug-likeness (QED) is 0.487. The lowest BCUT2D eigenvalue weighted by atomic mass is 10.2. The first kappa shape index (κ1) is 12.8. The number of rotatable bonds is 5. The summed E-state index contributed by atoms with van der Waals surface area (Å²) >= 11 is 0. The van der Waals surface area contributed by atoms with Crippen LogP contribution < -0.4 is 11.1 Å². The van der Waals surface area contributed by atoms with Crippen molar-refractivity contribution in [1.29, 1.82) is 5.41 Å². The lowest BCUT2D eigenvalue weighted by Gasteiger charge is -2.23. The van der Waals surface area contributed by atoms with E-state index in [0.717, 1.165) is 12.8 Å². The molecule has 92 valence electrons. The maximum Gasteiger partial charge on any atom is 0.317 e. The summed E-state index contributed by atoms with van der Waals surface area (Å²) in [4.78, 5) is 13.6. The van der Waals surface area contributed by atoms with E-state index < -0.39 is 0 Å². The molecule has 0 saturated heterocycles. The summed E-state index contributed by atoms with van der Waals surface area (Å²) in [6.45, 7) is 3.13. The zero-order chi connectivity index (χ0) is 12.0. The van der Waals surface area contributed by atoms with Crippen molar-refractivity contribution in [3.05, 3.63) is 0 Å². The molecule has 4 N–H and O–H groups in total. The van der Waals surface area contributed by atoms with E-state index >= 15 is 0 Å². The van der Waals surface area contributed by atoms with E-state index in [1.54, 1.807) is 4.90 Å². The van der Waals surface area contributed by atoms with Crippen molar-refractivity contribution in [2.75, 3.05) is 13.1 Å². The molecule has 16 heavy (non-hydrogen) atoms. The summed E-state index contributed by atoms with van der Waals surface area (Å²) in [6, 6.07) is 0.328. The van der Waals surface area contributed by atoms with Crippen LogP contribution in [0.4, 0.5) is 4.79 Å². The highest BCUT2D eigenvalue weighted by molar-refractivity contribution is 5.79. The van der Waals surface area contributed by atoms with Gasteiger partial charge in [-0.3, -0.25) is 5.41 Å². The van der Waals surface area contributed by atoms with E-state index in [0.29, 0.717) is 25.6 Å². The molecular formula is C11H22N4O. The minimum Gasteiger partial charge on any atom is -0.388 e. The SMILES string of the molecule is CCN(CCC(=N)N)C(=O)NC1CCCC1. The average Bonchev–Trinajstić information content (AvgIpc) is 2.71. The monoisotopic (exact) mass is 226 g/mol. The maximum atomic E-state index is 11.8. The van der Waals surface area contributed by atoms with E-state index in [2.05, 4.69) is 5.32 Å². The summed E-state index contributed by atoms with van der Waals surface area (Å²) in [5, 5.41) is 10.2. The first-order chi connectivity index (χ1) is 7.63. The topological polar surface area (TPSA) is 82.2 Å². The van der Waals surface area contributed by atoms with Crippen molar-refractivity contribution in [2.45, 2.75) is 45.1 Å². The van der Waals surface area contributed by atoms with E-state index in [-0.39, 0.29) is 11.9 Å². The highest BCUT2D eigenvalue weighted by Gasteiger charge is 2.19. The van der Waals surface area contributed by atoms with E-state index in [9.17, 15) is 4.79 Å². The van der Waals surface area contributed by atoms with Gasteiger partial charge >= 0.3 is 6.03 Å². The molecule has 0 aromatic heterocycles. The minimum atomic E-state index is -0.0179. The van der Waals surface area contributed by atoms with Crippen LogP contribution in [0.3, 0.4) is 0 Å². The number of hydrogen-bond acceptors (Lipinski definition) is 2. The van der Waals surface area contributed by atoms with Crippen LogP contribution in [0.5, 0.6) is 0 Å². The second kappa shape index (κ2) is 6.35. The molecule has 0 aliphatic heterocycles. The number of hydrogen-bond donors (Lipinski definition) is 3. The number of nitrogens with zero attached hydrogens (tertiary/aromatic N) is 1. The first-order valence-corrected chi connectivity index (χ1v) is 6.01. The Balaban J connectivity index is 2.32. The fourth-order valence-electron chi connectivity index (χ4n) is 1.99. The summed E-state index contributed by atoms with van der Waals surface area (Å²) in [5.74, 6) is 0.132. The molecule has 0 heterocycles. The Bertz CT molecular complexity index is 248. The molecule has 0 bridgehead atoms. The Kier molecular flexibility index (Phi) is 5.08. The normalized spacial score (nSPS) is 16.1. The van der Waals surface area contributed by atoms with Gasteiger partial charge in [0.25, 0.3) is 0 Å². The third-order valence-electron chi connectivity index (χ3n) is 3.00. The third kappa shape index (κ3) is 4.08. The molecule has 0 radical (unpaired) electrons. The molecule has 0 unspecified atom stereocenters. The maximum absolute atomic E-state index is 11.8. The summed E-state index contributed by atoms with van der Waals surface area (Å²) in [5.41, 5.74) is 5.28. The Morgan fingerprint density at radius 2 is 2.12 bits per heavy atom. The average molecular weight is 226 g/mol. The van der Waals surface area contributed by atoms with Crippen LogP contribution >= 0.6 is 0 Å². The molecule has 5 nitrogen and oxygen atoms in total. The van der Waals surface area contributed by atoms with Gasteiger partial charge in [-0.15, -0.1) is 0 Å². The van der Waals surface area contributed by atoms with Crippen LogP contribution in [0.15, 0.2) is 0 Å². The Labute approximate surface area is 96.9 Å². The van der Waals surface area contributed by atoms with Crippen LogP contribution in [0.25, 0.3) is 0 Å². The summed E-state index contributed by atoms with van der Waals surface area (Å²) < 4.78 is 0. The standard InChI is InChI=1S/C11H22N4O/c1-2-15(8-7-10(12)13)11(16)14-9-5-3-4-6-9/h9H,2-8H2,1H3,(H3,12,13)(H,14,16). The van der Waals surface area contributed by atoms with Crippen molar-refractivity contribution in [2.24, 2.45) is 5.73 Å². The van der Waals surface area contributed by atoms with Crippen molar-refractivity contribution >= 4 is 11.9 Å². The Morgan fingerprint density at radius 1 is 1.50 bits per heavy atom. The van der Waals surface area contributed by atoms with Crippen LogP contribution in [0, 0.1) is 5.41 Å². The van der Waals surface area contributed by atoms with E-state index in [4.69, 9.17) is 11.1 Å². The van der Waals surface area contributed by atoms with E-state index in [1.807, 2.05) is 6.92 Å². The largest absolute Gasteiger partial charge is 0.388 e. The minimum absolute atomic E-state index is 0.0179. The third-order valence-corrected chi connectivity index (χ3v) is 3.00. The van der Waals surface area contributed by atoms with Gasteiger partial charge in [0.15, 0.2) is 0 Å². The number of carbonyl (C=O) groups is 1. The number of carbonyl (C=O) groups excluding carboxylic acids is 1. The van der Waals surface area contributed by atoms with Gasteiger partial charge < -0.3 is 16.0 Å². The molecule has 1 saturated carbocycles. The van der Waals surface area contributed by atoms with E-state index in [1.165, 1.54) is 12.8 Å². The molecule has 5 heteroatoms. The first-order valence-electron chi connectivity index (χ1n) is 6.01. The van der Waals surface area contributed by atoms with Gasteiger partial charge in [0.2, 0.25) is 0 Å². The van der Waals surface area contributed by atoms with Crippen LogP contribution in [0.1, 0.15) is 39.0 Å². The highest BCUT2D eigenvalue weighted by Crippen LogP contribution is 2.17. The molecule has 1 aliphatic carbocycles. The van der Waals surface area contributed by atoms with Gasteiger partial charge in [-0.1, -0.05) is 12.8 Å². The van der Waals surface area contributed by atoms with Crippen molar-refractivity contribution in [3.8, 4) is 0 Å². The molecule has 1 fully saturated rings. The number of urea groups is 1. The van der Waals surface area contributed by atoms with Gasteiger partial charge in [0.1, 0.15) is 0 Å². The smallest absolute Gasteiger partial charge is 0.317 e. The number of amides is 2. The Hall–Kier alpha value is -1.26. The molecule has 0 atom stereocenters. The summed E-state index contributed by atoms with van der Waals surface area (Å²) in [6.07, 6.45) is 5.06. The second-order valence-corrected chi connectivity index (χ2v) is 4.29. The van der Waals surface area contributed by atoms with Crippen molar-refractivity contribution in [3.63, 3.8) is 0 Å². The highest BCUT2D eigenvalue weighted by atomic mass is 16.2. The van der Waals surface area contributed by atoms with Crippen molar-refractivity contribution < 1.29 is 4.79 Å². The predicted octanol–water partition coefficient (Wildman–Crippen LogP) is 1.29. The molecule has 2 amide bonds. The Morgan fingerprint density at radius 3 is 2.62 bits per heavy atom. The number of nitrogens with two attached hydrogens (primary N) is 1. The fraction of sp³-hybridized carbons (Fsp3) is 0.818. The van der Waals surface area contributed by atoms with Gasteiger partial charge in [-0.25, -0.2) is 4.79 Å². The van der Waals surface area contributed by atoms with Crippen molar-refractivity contribution in [1.82, 2.24) is 10.2 Å². The molecule has 0 spiro atoms. The lowest BCUT2D eigenvalue weighted by molar-refractivity contribution is 0.198. The van der Waals surface area contributed by atoms with Gasteiger partial charge in [0, 0.05) is 25.6 Å². The fourth-order valence-corrected chi connectivity index (χ4v) is 1.99. The lowest BCUT2D eigenvalue weighted by Crippen LogP contribution is -2.44. The zero-order valence-electron chi connectivity index (χ0n) is 9.96. The summed E-state index contributed by atoms with van der Waals surface area (Å²) in [7, 11) is 0. The number of nitrogens with one attached hydrogen (secondary N) is 2. The zero-order valence-corrected chi connectivity index (χ0v) is 9.96. The van der Waals surface area contributed by atoms with Gasteiger partial charge in [-0.05, 0) is 19.8 Å². The van der Waals surface area contributed by atoms with Gasteiger partial charge in [0.05, 0.1) is 5.84 Å². The molecule has 0 aromatic carbocycles. The van der Waals surface area contributed by atoms with Crippen LogP contribution in [-0.2, 0) is 0 Å². The second-order valence-electron chi connectivity index (χ2n) is 4.29. The molecular weight excluding hydrogens is 204 g/mol. The number of amidine groups is 1. The molecule has 1 rings (SSSR count). The predicted molar refractivity (Wildman–Crippen MR) is 64.6 cm³/mol.